The van der Waals surface area contributed by atoms with E-state index in [1.807, 2.05) is 0 Å². The first-order valence-electron chi connectivity index (χ1n) is 5.24. The highest BCUT2D eigenvalue weighted by molar-refractivity contribution is 7.08. The van der Waals surface area contributed by atoms with Gasteiger partial charge in [-0.15, -0.1) is 0 Å². The summed E-state index contributed by atoms with van der Waals surface area (Å²) in [7, 11) is 0. The van der Waals surface area contributed by atoms with E-state index in [1.54, 1.807) is 22.7 Å². The summed E-state index contributed by atoms with van der Waals surface area (Å²) in [6, 6.07) is 4.28. The number of nitrogens with zero attached hydrogens (tertiary/aromatic N) is 1. The number of aliphatic hydroxyl groups excluding tert-OH is 1. The van der Waals surface area contributed by atoms with Crippen molar-refractivity contribution in [2.24, 2.45) is 0 Å². The molecule has 2 nitrogen and oxygen atoms in total. The maximum absolute atomic E-state index is 9.06. The van der Waals surface area contributed by atoms with Crippen LogP contribution in [0.2, 0.25) is 0 Å². The van der Waals surface area contributed by atoms with Gasteiger partial charge in [0.15, 0.2) is 0 Å². The molecular formula is C12H15NOS2. The van der Waals surface area contributed by atoms with Gasteiger partial charge in [0.2, 0.25) is 0 Å². The molecule has 2 heterocycles. The fraction of sp³-hybridized carbons (Fsp3) is 0.333. The highest BCUT2D eigenvalue weighted by Crippen LogP contribution is 2.14. The Kier molecular flexibility index (Phi) is 4.54. The van der Waals surface area contributed by atoms with Crippen LogP contribution in [0.1, 0.15) is 11.1 Å². The van der Waals surface area contributed by atoms with E-state index in [2.05, 4.69) is 38.6 Å². The first kappa shape index (κ1) is 11.8. The van der Waals surface area contributed by atoms with Gasteiger partial charge < -0.3 is 5.11 Å². The normalized spacial score (nSPS) is 11.1. The third-order valence-electron chi connectivity index (χ3n) is 2.39. The molecule has 0 saturated carbocycles. The molecular weight excluding hydrogens is 238 g/mol. The van der Waals surface area contributed by atoms with Crippen LogP contribution in [0.25, 0.3) is 0 Å². The fourth-order valence-electron chi connectivity index (χ4n) is 1.64. The summed E-state index contributed by atoms with van der Waals surface area (Å²) in [6.07, 6.45) is 0. The molecule has 0 amide bonds. The topological polar surface area (TPSA) is 23.5 Å². The lowest BCUT2D eigenvalue weighted by molar-refractivity contribution is 0.184. The van der Waals surface area contributed by atoms with E-state index in [0.29, 0.717) is 0 Å². The van der Waals surface area contributed by atoms with Gasteiger partial charge in [-0.2, -0.15) is 22.7 Å². The van der Waals surface area contributed by atoms with Gasteiger partial charge in [0.1, 0.15) is 0 Å². The molecule has 86 valence electrons. The Bertz CT molecular complexity index is 347. The third kappa shape index (κ3) is 3.42. The molecule has 0 aliphatic heterocycles. The average molecular weight is 253 g/mol. The van der Waals surface area contributed by atoms with E-state index >= 15 is 0 Å². The maximum Gasteiger partial charge on any atom is 0.0558 e. The van der Waals surface area contributed by atoms with Crippen molar-refractivity contribution in [2.45, 2.75) is 13.1 Å². The van der Waals surface area contributed by atoms with Gasteiger partial charge >= 0.3 is 0 Å². The van der Waals surface area contributed by atoms with E-state index in [1.165, 1.54) is 11.1 Å². The Morgan fingerprint density at radius 3 is 1.94 bits per heavy atom. The molecule has 0 saturated heterocycles. The van der Waals surface area contributed by atoms with Crippen molar-refractivity contribution in [3.8, 4) is 0 Å². The largest absolute Gasteiger partial charge is 0.395 e. The zero-order chi connectivity index (χ0) is 11.2. The van der Waals surface area contributed by atoms with E-state index in [-0.39, 0.29) is 6.61 Å². The molecule has 0 atom stereocenters. The Balaban J connectivity index is 1.94. The van der Waals surface area contributed by atoms with Crippen molar-refractivity contribution in [2.75, 3.05) is 13.2 Å². The predicted octanol–water partition coefficient (Wildman–Crippen LogP) is 2.80. The van der Waals surface area contributed by atoms with Crippen LogP contribution < -0.4 is 0 Å². The number of aliphatic hydroxyl groups is 1. The number of thiophene rings is 2. The van der Waals surface area contributed by atoms with Gasteiger partial charge in [-0.3, -0.25) is 4.90 Å². The van der Waals surface area contributed by atoms with Crippen molar-refractivity contribution in [3.63, 3.8) is 0 Å². The first-order valence-corrected chi connectivity index (χ1v) is 7.12. The molecule has 0 aliphatic carbocycles. The van der Waals surface area contributed by atoms with Crippen LogP contribution in [0.3, 0.4) is 0 Å². The summed E-state index contributed by atoms with van der Waals surface area (Å²) in [5.41, 5.74) is 2.65. The van der Waals surface area contributed by atoms with Gasteiger partial charge in [0.25, 0.3) is 0 Å². The Labute approximate surface area is 104 Å². The van der Waals surface area contributed by atoms with Crippen molar-refractivity contribution >= 4 is 22.7 Å². The van der Waals surface area contributed by atoms with Crippen molar-refractivity contribution in [1.82, 2.24) is 4.90 Å². The Hall–Kier alpha value is -0.680. The van der Waals surface area contributed by atoms with Crippen molar-refractivity contribution in [1.29, 1.82) is 0 Å². The molecule has 0 aliphatic rings. The maximum atomic E-state index is 9.06. The van der Waals surface area contributed by atoms with Crippen LogP contribution in [0.4, 0.5) is 0 Å². The quantitative estimate of drug-likeness (QED) is 0.855. The fourth-order valence-corrected chi connectivity index (χ4v) is 2.96. The monoisotopic (exact) mass is 253 g/mol. The lowest BCUT2D eigenvalue weighted by atomic mass is 10.2. The standard InChI is InChI=1S/C12H15NOS2/c14-4-3-13(7-11-1-5-15-9-11)8-12-2-6-16-10-12/h1-2,5-6,9-10,14H,3-4,7-8H2. The van der Waals surface area contributed by atoms with Gasteiger partial charge in [0, 0.05) is 19.6 Å². The van der Waals surface area contributed by atoms with Crippen LogP contribution in [-0.4, -0.2) is 23.2 Å². The van der Waals surface area contributed by atoms with Crippen LogP contribution in [0, 0.1) is 0 Å². The van der Waals surface area contributed by atoms with Gasteiger partial charge in [-0.1, -0.05) is 0 Å². The van der Waals surface area contributed by atoms with Crippen LogP contribution >= 0.6 is 22.7 Å². The number of hydrogen-bond donors (Lipinski definition) is 1. The number of hydrogen-bond acceptors (Lipinski definition) is 4. The number of rotatable bonds is 6. The highest BCUT2D eigenvalue weighted by atomic mass is 32.1. The van der Waals surface area contributed by atoms with Crippen LogP contribution in [0.5, 0.6) is 0 Å². The van der Waals surface area contributed by atoms with Crippen LogP contribution in [0.15, 0.2) is 33.7 Å². The van der Waals surface area contributed by atoms with Crippen molar-refractivity contribution < 1.29 is 5.11 Å². The molecule has 0 radical (unpaired) electrons. The minimum absolute atomic E-state index is 0.217. The summed E-state index contributed by atoms with van der Waals surface area (Å²) in [4.78, 5) is 2.27. The van der Waals surface area contributed by atoms with Gasteiger partial charge in [-0.05, 0) is 44.8 Å². The third-order valence-corrected chi connectivity index (χ3v) is 3.85. The molecule has 0 fully saturated rings. The molecule has 2 aromatic rings. The summed E-state index contributed by atoms with van der Waals surface area (Å²) in [5, 5.41) is 17.6. The van der Waals surface area contributed by atoms with Crippen LogP contribution in [-0.2, 0) is 13.1 Å². The highest BCUT2D eigenvalue weighted by Gasteiger charge is 2.07. The van der Waals surface area contributed by atoms with Gasteiger partial charge in [-0.25, -0.2) is 0 Å². The molecule has 0 bridgehead atoms. The Morgan fingerprint density at radius 1 is 1.00 bits per heavy atom. The van der Waals surface area contributed by atoms with E-state index in [0.717, 1.165) is 19.6 Å². The second-order valence-corrected chi connectivity index (χ2v) is 5.26. The zero-order valence-corrected chi connectivity index (χ0v) is 10.6. The second-order valence-electron chi connectivity index (χ2n) is 3.70. The molecule has 0 unspecified atom stereocenters. The molecule has 0 spiro atoms. The summed E-state index contributed by atoms with van der Waals surface area (Å²) >= 11 is 3.44. The lowest BCUT2D eigenvalue weighted by Gasteiger charge is -2.20. The molecule has 2 aromatic heterocycles. The minimum atomic E-state index is 0.217. The van der Waals surface area contributed by atoms with Gasteiger partial charge in [0.05, 0.1) is 6.61 Å². The SMILES string of the molecule is OCCN(Cc1ccsc1)Cc1ccsc1. The molecule has 2 rings (SSSR count). The minimum Gasteiger partial charge on any atom is -0.395 e. The molecule has 1 N–H and O–H groups in total. The van der Waals surface area contributed by atoms with E-state index < -0.39 is 0 Å². The lowest BCUT2D eigenvalue weighted by Crippen LogP contribution is -2.25. The van der Waals surface area contributed by atoms with Crippen molar-refractivity contribution in [3.05, 3.63) is 44.8 Å². The average Bonchev–Trinajstić information content (AvgIpc) is 2.91. The summed E-state index contributed by atoms with van der Waals surface area (Å²) in [5.74, 6) is 0. The summed E-state index contributed by atoms with van der Waals surface area (Å²) < 4.78 is 0. The first-order chi connectivity index (χ1) is 7.88. The predicted molar refractivity (Wildman–Crippen MR) is 69.8 cm³/mol. The zero-order valence-electron chi connectivity index (χ0n) is 9.00. The van der Waals surface area contributed by atoms with E-state index in [9.17, 15) is 0 Å². The van der Waals surface area contributed by atoms with E-state index in [4.69, 9.17) is 5.11 Å². The molecule has 16 heavy (non-hydrogen) atoms. The second kappa shape index (κ2) is 6.15. The molecule has 4 heteroatoms. The summed E-state index contributed by atoms with van der Waals surface area (Å²) in [6.45, 7) is 2.78. The smallest absolute Gasteiger partial charge is 0.0558 e. The Morgan fingerprint density at radius 2 is 1.56 bits per heavy atom. The molecule has 0 aromatic carbocycles.